The number of aryl methyl sites for hydroxylation is 1. The summed E-state index contributed by atoms with van der Waals surface area (Å²) in [5.41, 5.74) is 1.95. The number of thiazole rings is 1. The van der Waals surface area contributed by atoms with Crippen LogP contribution in [0.25, 0.3) is 10.2 Å². The largest absolute Gasteiger partial charge is 0.497 e. The Morgan fingerprint density at radius 3 is 2.55 bits per heavy atom. The lowest BCUT2D eigenvalue weighted by atomic mass is 10.2. The summed E-state index contributed by atoms with van der Waals surface area (Å²) in [5, 5.41) is 3.75. The van der Waals surface area contributed by atoms with Gasteiger partial charge in [-0.3, -0.25) is 9.69 Å². The molecule has 3 aromatic rings. The highest BCUT2D eigenvalue weighted by Gasteiger charge is 2.21. The number of ether oxygens (including phenoxy) is 1. The van der Waals surface area contributed by atoms with Gasteiger partial charge in [0.25, 0.3) is 0 Å². The van der Waals surface area contributed by atoms with Crippen molar-refractivity contribution in [3.63, 3.8) is 0 Å². The molecule has 176 valence electrons. The number of methoxy groups -OCH3 is 1. The van der Waals surface area contributed by atoms with Crippen LogP contribution in [-0.2, 0) is 14.6 Å². The number of sulfone groups is 1. The number of nitrogens with one attached hydrogen (secondary N) is 1. The zero-order valence-corrected chi connectivity index (χ0v) is 20.4. The molecule has 0 unspecified atom stereocenters. The molecule has 10 heteroatoms. The monoisotopic (exact) mass is 488 g/mol. The Hall–Kier alpha value is -2.69. The molecule has 1 aromatic heterocycles. The SMILES string of the molecule is COc1ccc2nc(N3CCN(CCNC(=O)CS(=O)(=O)c4ccc(C)cc4)CC3)sc2c1. The van der Waals surface area contributed by atoms with E-state index in [4.69, 9.17) is 9.72 Å². The van der Waals surface area contributed by atoms with E-state index in [1.54, 1.807) is 42.7 Å². The molecular formula is C23H28N4O4S2. The number of amides is 1. The fourth-order valence-electron chi connectivity index (χ4n) is 3.72. The van der Waals surface area contributed by atoms with E-state index >= 15 is 0 Å². The van der Waals surface area contributed by atoms with Gasteiger partial charge in [0, 0.05) is 39.3 Å². The Kier molecular flexibility index (Phi) is 7.16. The smallest absolute Gasteiger partial charge is 0.235 e. The van der Waals surface area contributed by atoms with Crippen molar-refractivity contribution in [2.75, 3.05) is 57.0 Å². The van der Waals surface area contributed by atoms with Gasteiger partial charge in [-0.25, -0.2) is 13.4 Å². The maximum absolute atomic E-state index is 12.4. The molecule has 1 aliphatic rings. The van der Waals surface area contributed by atoms with Gasteiger partial charge in [0.15, 0.2) is 15.0 Å². The van der Waals surface area contributed by atoms with E-state index < -0.39 is 21.5 Å². The minimum absolute atomic E-state index is 0.174. The molecule has 0 aliphatic carbocycles. The van der Waals surface area contributed by atoms with Gasteiger partial charge in [0.1, 0.15) is 11.5 Å². The van der Waals surface area contributed by atoms with Gasteiger partial charge in [-0.15, -0.1) is 0 Å². The summed E-state index contributed by atoms with van der Waals surface area (Å²) in [6.45, 7) is 6.41. The van der Waals surface area contributed by atoms with Crippen molar-refractivity contribution in [1.82, 2.24) is 15.2 Å². The van der Waals surface area contributed by atoms with Crippen molar-refractivity contribution in [3.05, 3.63) is 48.0 Å². The summed E-state index contributed by atoms with van der Waals surface area (Å²) in [4.78, 5) is 21.6. The normalized spacial score (nSPS) is 15.0. The molecule has 0 saturated carbocycles. The van der Waals surface area contributed by atoms with Crippen LogP contribution in [-0.4, -0.2) is 76.3 Å². The predicted octanol–water partition coefficient (Wildman–Crippen LogP) is 2.33. The molecule has 33 heavy (non-hydrogen) atoms. The first-order valence-electron chi connectivity index (χ1n) is 10.8. The highest BCUT2D eigenvalue weighted by atomic mass is 32.2. The molecule has 1 aliphatic heterocycles. The summed E-state index contributed by atoms with van der Waals surface area (Å²) in [7, 11) is -1.97. The third-order valence-electron chi connectivity index (χ3n) is 5.68. The van der Waals surface area contributed by atoms with Crippen LogP contribution in [0.3, 0.4) is 0 Å². The van der Waals surface area contributed by atoms with Crippen LogP contribution in [0.5, 0.6) is 5.75 Å². The number of nitrogens with zero attached hydrogens (tertiary/aromatic N) is 3. The molecule has 4 rings (SSSR count). The second kappa shape index (κ2) is 10.1. The fraction of sp³-hybridized carbons (Fsp3) is 0.391. The van der Waals surface area contributed by atoms with Crippen LogP contribution in [0.1, 0.15) is 5.56 Å². The van der Waals surface area contributed by atoms with E-state index in [1.165, 1.54) is 0 Å². The van der Waals surface area contributed by atoms with Crippen LogP contribution in [0.4, 0.5) is 5.13 Å². The minimum Gasteiger partial charge on any atom is -0.497 e. The van der Waals surface area contributed by atoms with Crippen LogP contribution >= 0.6 is 11.3 Å². The lowest BCUT2D eigenvalue weighted by molar-refractivity contribution is -0.118. The third-order valence-corrected chi connectivity index (χ3v) is 8.39. The Morgan fingerprint density at radius 1 is 1.12 bits per heavy atom. The van der Waals surface area contributed by atoms with Crippen LogP contribution in [0.15, 0.2) is 47.4 Å². The second-order valence-corrected chi connectivity index (χ2v) is 11.1. The average Bonchev–Trinajstić information content (AvgIpc) is 3.23. The maximum Gasteiger partial charge on any atom is 0.235 e. The number of hydrogen-bond acceptors (Lipinski definition) is 8. The van der Waals surface area contributed by atoms with Crippen molar-refractivity contribution in [2.24, 2.45) is 0 Å². The minimum atomic E-state index is -3.63. The Bertz CT molecular complexity index is 1220. The Labute approximate surface area is 198 Å². The number of benzene rings is 2. The summed E-state index contributed by atoms with van der Waals surface area (Å²) in [5.74, 6) is -0.179. The molecule has 0 bridgehead atoms. The topological polar surface area (TPSA) is 91.8 Å². The van der Waals surface area contributed by atoms with Crippen molar-refractivity contribution >= 4 is 42.4 Å². The summed E-state index contributed by atoms with van der Waals surface area (Å²) >= 11 is 1.66. The Morgan fingerprint density at radius 2 is 1.85 bits per heavy atom. The van der Waals surface area contributed by atoms with Gasteiger partial charge in [0.05, 0.1) is 22.2 Å². The summed E-state index contributed by atoms with van der Waals surface area (Å²) in [6.07, 6.45) is 0. The van der Waals surface area contributed by atoms with E-state index in [1.807, 2.05) is 25.1 Å². The highest BCUT2D eigenvalue weighted by molar-refractivity contribution is 7.92. The third kappa shape index (κ3) is 5.82. The molecule has 8 nitrogen and oxygen atoms in total. The first kappa shape index (κ1) is 23.5. The highest BCUT2D eigenvalue weighted by Crippen LogP contribution is 2.31. The quantitative estimate of drug-likeness (QED) is 0.520. The molecule has 0 spiro atoms. The first-order chi connectivity index (χ1) is 15.8. The lowest BCUT2D eigenvalue weighted by Gasteiger charge is -2.34. The molecule has 2 aromatic carbocycles. The average molecular weight is 489 g/mol. The second-order valence-electron chi connectivity index (χ2n) is 8.08. The molecule has 0 radical (unpaired) electrons. The van der Waals surface area contributed by atoms with E-state index in [0.29, 0.717) is 13.1 Å². The van der Waals surface area contributed by atoms with Crippen molar-refractivity contribution in [1.29, 1.82) is 0 Å². The molecule has 1 fully saturated rings. The number of piperazine rings is 1. The molecule has 1 amide bonds. The van der Waals surface area contributed by atoms with Gasteiger partial charge >= 0.3 is 0 Å². The first-order valence-corrected chi connectivity index (χ1v) is 13.3. The van der Waals surface area contributed by atoms with Crippen LogP contribution in [0.2, 0.25) is 0 Å². The number of anilines is 1. The number of aromatic nitrogens is 1. The van der Waals surface area contributed by atoms with E-state index in [2.05, 4.69) is 15.1 Å². The lowest BCUT2D eigenvalue weighted by Crippen LogP contribution is -2.48. The van der Waals surface area contributed by atoms with Gasteiger partial charge in [-0.1, -0.05) is 29.0 Å². The molecule has 0 atom stereocenters. The van der Waals surface area contributed by atoms with Crippen LogP contribution < -0.4 is 15.0 Å². The number of hydrogen-bond donors (Lipinski definition) is 1. The summed E-state index contributed by atoms with van der Waals surface area (Å²) in [6, 6.07) is 12.5. The van der Waals surface area contributed by atoms with Gasteiger partial charge in [0.2, 0.25) is 5.91 Å². The molecule has 2 heterocycles. The molecular weight excluding hydrogens is 460 g/mol. The predicted molar refractivity (Wildman–Crippen MR) is 131 cm³/mol. The molecule has 1 saturated heterocycles. The van der Waals surface area contributed by atoms with E-state index in [9.17, 15) is 13.2 Å². The fourth-order valence-corrected chi connectivity index (χ4v) is 5.93. The van der Waals surface area contributed by atoms with E-state index in [-0.39, 0.29) is 4.90 Å². The number of carbonyl (C=O) groups excluding carboxylic acids is 1. The van der Waals surface area contributed by atoms with Crippen molar-refractivity contribution < 1.29 is 17.9 Å². The number of rotatable bonds is 8. The maximum atomic E-state index is 12.4. The van der Waals surface area contributed by atoms with Crippen molar-refractivity contribution in [3.8, 4) is 5.75 Å². The standard InChI is InChI=1S/C23H28N4O4S2/c1-17-3-6-19(7-4-17)33(29,30)16-22(28)24-9-10-26-11-13-27(14-12-26)23-25-20-8-5-18(31-2)15-21(20)32-23/h3-8,15H,9-14,16H2,1-2H3,(H,24,28). The Balaban J connectivity index is 1.22. The zero-order chi connectivity index (χ0) is 23.4. The van der Waals surface area contributed by atoms with E-state index in [0.717, 1.165) is 52.8 Å². The van der Waals surface area contributed by atoms with Gasteiger partial charge in [-0.2, -0.15) is 0 Å². The van der Waals surface area contributed by atoms with Gasteiger partial charge < -0.3 is 15.0 Å². The number of carbonyl (C=O) groups is 1. The number of fused-ring (bicyclic) bond motifs is 1. The zero-order valence-electron chi connectivity index (χ0n) is 18.8. The molecule has 1 N–H and O–H groups in total. The van der Waals surface area contributed by atoms with Crippen LogP contribution in [0, 0.1) is 6.92 Å². The summed E-state index contributed by atoms with van der Waals surface area (Å²) < 4.78 is 31.2. The van der Waals surface area contributed by atoms with Crippen molar-refractivity contribution in [2.45, 2.75) is 11.8 Å². The van der Waals surface area contributed by atoms with Gasteiger partial charge in [-0.05, 0) is 37.3 Å².